The van der Waals surface area contributed by atoms with Crippen LogP contribution >= 0.6 is 11.6 Å². The number of anilines is 1. The van der Waals surface area contributed by atoms with E-state index in [4.69, 9.17) is 16.3 Å². The fourth-order valence-electron chi connectivity index (χ4n) is 3.10. The van der Waals surface area contributed by atoms with Crippen molar-refractivity contribution in [1.82, 2.24) is 9.80 Å². The minimum Gasteiger partial charge on any atom is -0.450 e. The van der Waals surface area contributed by atoms with E-state index in [0.29, 0.717) is 43.2 Å². The van der Waals surface area contributed by atoms with Gasteiger partial charge in [-0.25, -0.2) is 4.79 Å². The summed E-state index contributed by atoms with van der Waals surface area (Å²) < 4.78 is 5.01. The summed E-state index contributed by atoms with van der Waals surface area (Å²) in [5, 5.41) is 3.35. The average molecular weight is 396 g/mol. The molecule has 7 nitrogen and oxygen atoms in total. The number of ether oxygens (including phenoxy) is 1. The number of amides is 3. The summed E-state index contributed by atoms with van der Waals surface area (Å²) >= 11 is 6.08. The van der Waals surface area contributed by atoms with Crippen molar-refractivity contribution in [3.05, 3.63) is 28.8 Å². The molecule has 1 aliphatic heterocycles. The predicted octanol–water partition coefficient (Wildman–Crippen LogP) is 3.06. The largest absolute Gasteiger partial charge is 0.450 e. The molecule has 1 fully saturated rings. The summed E-state index contributed by atoms with van der Waals surface area (Å²) in [7, 11) is 0. The minimum atomic E-state index is -0.334. The Morgan fingerprint density at radius 3 is 2.52 bits per heavy atom. The zero-order valence-electron chi connectivity index (χ0n) is 16.0. The van der Waals surface area contributed by atoms with Gasteiger partial charge in [0.1, 0.15) is 6.54 Å². The van der Waals surface area contributed by atoms with Crippen LogP contribution in [0.2, 0.25) is 5.02 Å². The number of piperidine rings is 1. The van der Waals surface area contributed by atoms with Crippen LogP contribution in [0, 0.1) is 6.92 Å². The third-order valence-corrected chi connectivity index (χ3v) is 5.01. The van der Waals surface area contributed by atoms with Crippen LogP contribution in [0.25, 0.3) is 0 Å². The summed E-state index contributed by atoms with van der Waals surface area (Å²) in [6.45, 7) is 6.40. The molecule has 1 N–H and O–H groups in total. The van der Waals surface area contributed by atoms with Gasteiger partial charge < -0.3 is 19.9 Å². The summed E-state index contributed by atoms with van der Waals surface area (Å²) in [5.74, 6) is -0.445. The number of halogens is 1. The van der Waals surface area contributed by atoms with Crippen LogP contribution in [0.3, 0.4) is 0 Å². The fourth-order valence-corrected chi connectivity index (χ4v) is 3.28. The van der Waals surface area contributed by atoms with E-state index in [1.54, 1.807) is 28.9 Å². The van der Waals surface area contributed by atoms with Gasteiger partial charge in [-0.2, -0.15) is 0 Å². The number of hydrogen-bond donors (Lipinski definition) is 1. The van der Waals surface area contributed by atoms with Crippen LogP contribution in [-0.2, 0) is 14.3 Å². The highest BCUT2D eigenvalue weighted by atomic mass is 35.5. The number of nitrogens with one attached hydrogen (secondary N) is 1. The van der Waals surface area contributed by atoms with E-state index in [1.807, 2.05) is 13.0 Å². The summed E-state index contributed by atoms with van der Waals surface area (Å²) in [4.78, 5) is 39.4. The third-order valence-electron chi connectivity index (χ3n) is 4.61. The molecular weight excluding hydrogens is 370 g/mol. The zero-order valence-corrected chi connectivity index (χ0v) is 16.7. The van der Waals surface area contributed by atoms with Gasteiger partial charge in [0.15, 0.2) is 0 Å². The van der Waals surface area contributed by atoms with Crippen LogP contribution in [0.5, 0.6) is 0 Å². The summed E-state index contributed by atoms with van der Waals surface area (Å²) in [6.07, 6.45) is 0.892. The second kappa shape index (κ2) is 9.60. The van der Waals surface area contributed by atoms with Gasteiger partial charge >= 0.3 is 6.09 Å². The Hall–Kier alpha value is -2.28. The Kier molecular flexibility index (Phi) is 7.47. The Morgan fingerprint density at radius 2 is 1.96 bits per heavy atom. The fraction of sp³-hybridized carbons (Fsp3) is 0.526. The SMILES string of the molecule is CCOC(=O)N1CCC(N(CC(=O)Nc2ccc(C)c(Cl)c2)C(C)=O)CC1. The molecule has 1 aromatic carbocycles. The molecule has 0 radical (unpaired) electrons. The van der Waals surface area contributed by atoms with Gasteiger partial charge in [0.2, 0.25) is 11.8 Å². The highest BCUT2D eigenvalue weighted by molar-refractivity contribution is 6.31. The molecule has 27 heavy (non-hydrogen) atoms. The monoisotopic (exact) mass is 395 g/mol. The molecule has 1 aromatic rings. The number of nitrogens with zero attached hydrogens (tertiary/aromatic N) is 2. The van der Waals surface area contributed by atoms with E-state index in [9.17, 15) is 14.4 Å². The molecule has 3 amide bonds. The number of benzene rings is 1. The number of rotatable bonds is 5. The Bertz CT molecular complexity index is 702. The first-order chi connectivity index (χ1) is 12.8. The average Bonchev–Trinajstić information content (AvgIpc) is 2.63. The molecule has 8 heteroatoms. The first-order valence-electron chi connectivity index (χ1n) is 9.06. The van der Waals surface area contributed by atoms with Crippen molar-refractivity contribution < 1.29 is 19.1 Å². The van der Waals surface area contributed by atoms with Crippen molar-refractivity contribution >= 4 is 35.2 Å². The van der Waals surface area contributed by atoms with E-state index < -0.39 is 0 Å². The van der Waals surface area contributed by atoms with Crippen molar-refractivity contribution in [3.63, 3.8) is 0 Å². The first-order valence-corrected chi connectivity index (χ1v) is 9.44. The van der Waals surface area contributed by atoms with E-state index in [1.165, 1.54) is 6.92 Å². The number of likely N-dealkylation sites (tertiary alicyclic amines) is 1. The minimum absolute atomic E-state index is 0.0368. The third kappa shape index (κ3) is 5.85. The molecule has 0 bridgehead atoms. The van der Waals surface area contributed by atoms with Crippen LogP contribution in [0.1, 0.15) is 32.3 Å². The molecule has 1 aliphatic rings. The van der Waals surface area contributed by atoms with Crippen molar-refractivity contribution in [2.24, 2.45) is 0 Å². The predicted molar refractivity (Wildman–Crippen MR) is 104 cm³/mol. The lowest BCUT2D eigenvalue weighted by Crippen LogP contribution is -2.50. The molecule has 0 atom stereocenters. The second-order valence-electron chi connectivity index (χ2n) is 6.58. The molecule has 0 saturated carbocycles. The Balaban J connectivity index is 1.93. The number of aryl methyl sites for hydroxylation is 1. The molecule has 0 unspecified atom stereocenters. The second-order valence-corrected chi connectivity index (χ2v) is 6.98. The van der Waals surface area contributed by atoms with Gasteiger partial charge in [0.25, 0.3) is 0 Å². The molecule has 0 spiro atoms. The normalized spacial score (nSPS) is 14.6. The summed E-state index contributed by atoms with van der Waals surface area (Å²) in [5.41, 5.74) is 1.52. The van der Waals surface area contributed by atoms with E-state index in [0.717, 1.165) is 5.56 Å². The van der Waals surface area contributed by atoms with Gasteiger partial charge in [0.05, 0.1) is 6.61 Å². The van der Waals surface area contributed by atoms with Gasteiger partial charge in [-0.3, -0.25) is 9.59 Å². The molecule has 2 rings (SSSR count). The van der Waals surface area contributed by atoms with Crippen LogP contribution in [-0.4, -0.2) is 60.0 Å². The van der Waals surface area contributed by atoms with Gasteiger partial charge in [-0.1, -0.05) is 17.7 Å². The quantitative estimate of drug-likeness (QED) is 0.831. The first kappa shape index (κ1) is 21.0. The maximum Gasteiger partial charge on any atom is 0.409 e. The Labute approximate surface area is 164 Å². The highest BCUT2D eigenvalue weighted by Gasteiger charge is 2.29. The standard InChI is InChI=1S/C19H26ClN3O4/c1-4-27-19(26)22-9-7-16(8-10-22)23(14(3)24)12-18(25)21-15-6-5-13(2)17(20)11-15/h5-6,11,16H,4,7-10,12H2,1-3H3,(H,21,25). The van der Waals surface area contributed by atoms with Crippen molar-refractivity contribution in [3.8, 4) is 0 Å². The van der Waals surface area contributed by atoms with E-state index in [2.05, 4.69) is 5.32 Å². The molecule has 1 saturated heterocycles. The maximum atomic E-state index is 12.4. The lowest BCUT2D eigenvalue weighted by molar-refractivity contribution is -0.136. The van der Waals surface area contributed by atoms with Crippen molar-refractivity contribution in [1.29, 1.82) is 0 Å². The van der Waals surface area contributed by atoms with Crippen LogP contribution in [0.4, 0.5) is 10.5 Å². The molecule has 0 aliphatic carbocycles. The van der Waals surface area contributed by atoms with E-state index in [-0.39, 0.29) is 30.5 Å². The maximum absolute atomic E-state index is 12.4. The van der Waals surface area contributed by atoms with Crippen molar-refractivity contribution in [2.75, 3.05) is 31.6 Å². The lowest BCUT2D eigenvalue weighted by Gasteiger charge is -2.37. The van der Waals surface area contributed by atoms with Gasteiger partial charge in [0, 0.05) is 36.8 Å². The Morgan fingerprint density at radius 1 is 1.30 bits per heavy atom. The smallest absolute Gasteiger partial charge is 0.409 e. The van der Waals surface area contributed by atoms with Crippen LogP contribution in [0.15, 0.2) is 18.2 Å². The van der Waals surface area contributed by atoms with Crippen LogP contribution < -0.4 is 5.32 Å². The number of carbonyl (C=O) groups is 3. The molecule has 0 aromatic heterocycles. The molecule has 148 valence electrons. The number of hydrogen-bond acceptors (Lipinski definition) is 4. The number of carbonyl (C=O) groups excluding carboxylic acids is 3. The van der Waals surface area contributed by atoms with Crippen molar-refractivity contribution in [2.45, 2.75) is 39.7 Å². The zero-order chi connectivity index (χ0) is 20.0. The topological polar surface area (TPSA) is 79.0 Å². The summed E-state index contributed by atoms with van der Waals surface area (Å²) in [6, 6.07) is 5.20. The van der Waals surface area contributed by atoms with E-state index >= 15 is 0 Å². The molecule has 1 heterocycles. The highest BCUT2D eigenvalue weighted by Crippen LogP contribution is 2.21. The molecular formula is C19H26ClN3O4. The van der Waals surface area contributed by atoms with Gasteiger partial charge in [-0.15, -0.1) is 0 Å². The van der Waals surface area contributed by atoms with Gasteiger partial charge in [-0.05, 0) is 44.4 Å². The lowest BCUT2D eigenvalue weighted by atomic mass is 10.0.